The quantitative estimate of drug-likeness (QED) is 0.380. The summed E-state index contributed by atoms with van der Waals surface area (Å²) in [7, 11) is 0. The van der Waals surface area contributed by atoms with Gasteiger partial charge in [0.15, 0.2) is 0 Å². The van der Waals surface area contributed by atoms with Crippen molar-refractivity contribution in [3.63, 3.8) is 0 Å². The van der Waals surface area contributed by atoms with Crippen LogP contribution in [0.4, 0.5) is 11.4 Å². The van der Waals surface area contributed by atoms with E-state index in [-0.39, 0.29) is 17.1 Å². The largest absolute Gasteiger partial charge is 0.325 e. The van der Waals surface area contributed by atoms with Gasteiger partial charge in [-0.1, -0.05) is 35.3 Å². The molecule has 7 heteroatoms. The number of nitrogens with one attached hydrogen (secondary N) is 2. The summed E-state index contributed by atoms with van der Waals surface area (Å²) in [6.07, 6.45) is 0. The zero-order chi connectivity index (χ0) is 22.5. The average Bonchev–Trinajstić information content (AvgIpc) is 2.72. The standard InChI is InChI=1S/C24H22Cl2N2O2S/c1-14-5-4-6-22(15(14)2)28-23(29)16(3)31-19-10-8-18(9-11-19)27-24(30)20-12-7-17(25)13-21(20)26/h4-13,16H,1-3H3,(H,27,30)(H,28,29). The molecule has 0 fully saturated rings. The lowest BCUT2D eigenvalue weighted by Crippen LogP contribution is -2.22. The predicted octanol–water partition coefficient (Wildman–Crippen LogP) is 6.98. The summed E-state index contributed by atoms with van der Waals surface area (Å²) >= 11 is 13.4. The van der Waals surface area contributed by atoms with Gasteiger partial charge < -0.3 is 10.6 Å². The van der Waals surface area contributed by atoms with Gasteiger partial charge in [-0.2, -0.15) is 0 Å². The molecule has 3 rings (SSSR count). The smallest absolute Gasteiger partial charge is 0.257 e. The highest BCUT2D eigenvalue weighted by atomic mass is 35.5. The fraction of sp³-hybridized carbons (Fsp3) is 0.167. The highest BCUT2D eigenvalue weighted by molar-refractivity contribution is 8.00. The highest BCUT2D eigenvalue weighted by Gasteiger charge is 2.16. The summed E-state index contributed by atoms with van der Waals surface area (Å²) in [4.78, 5) is 25.9. The molecule has 3 aromatic rings. The monoisotopic (exact) mass is 472 g/mol. The molecule has 160 valence electrons. The van der Waals surface area contributed by atoms with Crippen molar-refractivity contribution in [1.29, 1.82) is 0 Å². The number of hydrogen-bond acceptors (Lipinski definition) is 3. The minimum atomic E-state index is -0.316. The summed E-state index contributed by atoms with van der Waals surface area (Å²) in [5, 5.41) is 6.29. The summed E-state index contributed by atoms with van der Waals surface area (Å²) in [5.41, 5.74) is 4.01. The molecule has 0 radical (unpaired) electrons. The molecular formula is C24H22Cl2N2O2S. The molecule has 2 N–H and O–H groups in total. The topological polar surface area (TPSA) is 58.2 Å². The number of rotatable bonds is 6. The van der Waals surface area contributed by atoms with Crippen LogP contribution in [0.1, 0.15) is 28.4 Å². The Kier molecular flexibility index (Phi) is 7.65. The first kappa shape index (κ1) is 23.2. The average molecular weight is 473 g/mol. The van der Waals surface area contributed by atoms with Crippen LogP contribution in [0.5, 0.6) is 0 Å². The molecular weight excluding hydrogens is 451 g/mol. The Morgan fingerprint density at radius 3 is 2.32 bits per heavy atom. The molecule has 0 aliphatic rings. The van der Waals surface area contributed by atoms with E-state index >= 15 is 0 Å². The number of carbonyl (C=O) groups excluding carboxylic acids is 2. The zero-order valence-electron chi connectivity index (χ0n) is 17.3. The van der Waals surface area contributed by atoms with Gasteiger partial charge in [-0.25, -0.2) is 0 Å². The second kappa shape index (κ2) is 10.2. The first-order chi connectivity index (χ1) is 14.7. The van der Waals surface area contributed by atoms with Gasteiger partial charge >= 0.3 is 0 Å². The van der Waals surface area contributed by atoms with E-state index in [2.05, 4.69) is 10.6 Å². The van der Waals surface area contributed by atoms with Crippen molar-refractivity contribution in [2.45, 2.75) is 30.9 Å². The molecule has 0 saturated heterocycles. The number of thioether (sulfide) groups is 1. The van der Waals surface area contributed by atoms with Gasteiger partial charge in [-0.15, -0.1) is 11.8 Å². The maximum absolute atomic E-state index is 12.6. The normalized spacial score (nSPS) is 11.6. The van der Waals surface area contributed by atoms with Crippen molar-refractivity contribution in [1.82, 2.24) is 0 Å². The number of carbonyl (C=O) groups is 2. The number of anilines is 2. The maximum atomic E-state index is 12.6. The lowest BCUT2D eigenvalue weighted by atomic mass is 10.1. The molecule has 2 amide bonds. The summed E-state index contributed by atoms with van der Waals surface area (Å²) in [6, 6.07) is 17.9. The van der Waals surface area contributed by atoms with Crippen LogP contribution < -0.4 is 10.6 Å². The third kappa shape index (κ3) is 6.03. The lowest BCUT2D eigenvalue weighted by Gasteiger charge is -2.15. The van der Waals surface area contributed by atoms with Crippen LogP contribution in [0.3, 0.4) is 0 Å². The number of halogens is 2. The summed E-state index contributed by atoms with van der Waals surface area (Å²) in [6.45, 7) is 5.88. The van der Waals surface area contributed by atoms with Gasteiger partial charge in [0.05, 0.1) is 15.8 Å². The lowest BCUT2D eigenvalue weighted by molar-refractivity contribution is -0.115. The molecule has 1 unspecified atom stereocenters. The van der Waals surface area contributed by atoms with Crippen molar-refractivity contribution in [3.8, 4) is 0 Å². The van der Waals surface area contributed by atoms with Gasteiger partial charge in [0.2, 0.25) is 5.91 Å². The van der Waals surface area contributed by atoms with Crippen LogP contribution in [-0.2, 0) is 4.79 Å². The molecule has 0 bridgehead atoms. The van der Waals surface area contributed by atoms with Gasteiger partial charge in [0.1, 0.15) is 0 Å². The molecule has 0 spiro atoms. The fourth-order valence-corrected chi connectivity index (χ4v) is 4.23. The van der Waals surface area contributed by atoms with Crippen molar-refractivity contribution in [2.75, 3.05) is 10.6 Å². The Labute approximate surface area is 196 Å². The number of benzene rings is 3. The Hall–Kier alpha value is -2.47. The minimum Gasteiger partial charge on any atom is -0.325 e. The van der Waals surface area contributed by atoms with E-state index in [1.807, 2.05) is 51.1 Å². The second-order valence-electron chi connectivity index (χ2n) is 7.10. The van der Waals surface area contributed by atoms with Gasteiger partial charge in [0, 0.05) is 21.3 Å². The Balaban J connectivity index is 1.60. The molecule has 0 aliphatic carbocycles. The first-order valence-electron chi connectivity index (χ1n) is 9.65. The third-order valence-electron chi connectivity index (χ3n) is 4.83. The molecule has 0 aromatic heterocycles. The molecule has 1 atom stereocenters. The molecule has 4 nitrogen and oxygen atoms in total. The van der Waals surface area contributed by atoms with Crippen LogP contribution in [0.25, 0.3) is 0 Å². The van der Waals surface area contributed by atoms with E-state index < -0.39 is 0 Å². The van der Waals surface area contributed by atoms with Crippen molar-refractivity contribution in [2.24, 2.45) is 0 Å². The maximum Gasteiger partial charge on any atom is 0.257 e. The van der Waals surface area contributed by atoms with Crippen molar-refractivity contribution in [3.05, 3.63) is 87.4 Å². The van der Waals surface area contributed by atoms with Crippen LogP contribution in [0.2, 0.25) is 10.0 Å². The van der Waals surface area contributed by atoms with E-state index in [1.165, 1.54) is 17.8 Å². The van der Waals surface area contributed by atoms with Crippen LogP contribution in [-0.4, -0.2) is 17.1 Å². The summed E-state index contributed by atoms with van der Waals surface area (Å²) in [5.74, 6) is -0.378. The van der Waals surface area contributed by atoms with Gasteiger partial charge in [0.25, 0.3) is 5.91 Å². The van der Waals surface area contributed by atoms with Crippen LogP contribution >= 0.6 is 35.0 Å². The SMILES string of the molecule is Cc1cccc(NC(=O)C(C)Sc2ccc(NC(=O)c3ccc(Cl)cc3Cl)cc2)c1C. The van der Waals surface area contributed by atoms with E-state index in [1.54, 1.807) is 24.3 Å². The molecule has 0 saturated carbocycles. The van der Waals surface area contributed by atoms with E-state index in [0.717, 1.165) is 21.7 Å². The number of amides is 2. The minimum absolute atomic E-state index is 0.0616. The Bertz CT molecular complexity index is 1120. The van der Waals surface area contributed by atoms with Crippen LogP contribution in [0.15, 0.2) is 65.6 Å². The zero-order valence-corrected chi connectivity index (χ0v) is 19.7. The number of aryl methyl sites for hydroxylation is 1. The third-order valence-corrected chi connectivity index (χ3v) is 6.49. The Morgan fingerprint density at radius 1 is 0.935 bits per heavy atom. The molecule has 3 aromatic carbocycles. The number of hydrogen-bond donors (Lipinski definition) is 2. The molecule has 0 heterocycles. The molecule has 31 heavy (non-hydrogen) atoms. The van der Waals surface area contributed by atoms with E-state index in [0.29, 0.717) is 21.3 Å². The van der Waals surface area contributed by atoms with Gasteiger partial charge in [-0.3, -0.25) is 9.59 Å². The van der Waals surface area contributed by atoms with Crippen molar-refractivity contribution < 1.29 is 9.59 Å². The van der Waals surface area contributed by atoms with E-state index in [4.69, 9.17) is 23.2 Å². The Morgan fingerprint density at radius 2 is 1.65 bits per heavy atom. The van der Waals surface area contributed by atoms with Crippen molar-refractivity contribution >= 4 is 58.2 Å². The van der Waals surface area contributed by atoms with E-state index in [9.17, 15) is 9.59 Å². The first-order valence-corrected chi connectivity index (χ1v) is 11.3. The predicted molar refractivity (Wildman–Crippen MR) is 131 cm³/mol. The second-order valence-corrected chi connectivity index (χ2v) is 9.36. The fourth-order valence-electron chi connectivity index (χ4n) is 2.87. The summed E-state index contributed by atoms with van der Waals surface area (Å²) < 4.78 is 0. The molecule has 0 aliphatic heterocycles. The highest BCUT2D eigenvalue weighted by Crippen LogP contribution is 2.27. The van der Waals surface area contributed by atoms with Crippen LogP contribution in [0, 0.1) is 13.8 Å². The van der Waals surface area contributed by atoms with Gasteiger partial charge in [-0.05, 0) is 80.4 Å².